The zero-order valence-corrected chi connectivity index (χ0v) is 7.74. The third-order valence-corrected chi connectivity index (χ3v) is 2.19. The first kappa shape index (κ1) is 8.10. The molecule has 0 unspecified atom stereocenters. The van der Waals surface area contributed by atoms with Crippen molar-refractivity contribution in [1.29, 1.82) is 0 Å². The van der Waals surface area contributed by atoms with E-state index in [0.717, 1.165) is 11.0 Å². The average molecular weight is 176 g/mol. The number of benzene rings is 1. The smallest absolute Gasteiger partial charge is 0.174 e. The van der Waals surface area contributed by atoms with E-state index in [0.29, 0.717) is 11.7 Å². The molecule has 13 heavy (non-hydrogen) atoms. The number of rotatable bonds is 1. The van der Waals surface area contributed by atoms with Gasteiger partial charge in [0.15, 0.2) is 11.4 Å². The second-order valence-corrected chi connectivity index (χ2v) is 3.48. The van der Waals surface area contributed by atoms with Gasteiger partial charge >= 0.3 is 0 Å². The van der Waals surface area contributed by atoms with Crippen LogP contribution in [0.15, 0.2) is 22.7 Å². The quantitative estimate of drug-likeness (QED) is 0.726. The van der Waals surface area contributed by atoms with E-state index in [4.69, 9.17) is 10.3 Å². The van der Waals surface area contributed by atoms with Crippen LogP contribution in [0.25, 0.3) is 11.0 Å². The zero-order valence-electron chi connectivity index (χ0n) is 7.74. The van der Waals surface area contributed by atoms with Crippen molar-refractivity contribution in [3.63, 3.8) is 0 Å². The maximum absolute atomic E-state index is 5.60. The minimum atomic E-state index is 0.463. The van der Waals surface area contributed by atoms with Gasteiger partial charge in [0.1, 0.15) is 0 Å². The summed E-state index contributed by atoms with van der Waals surface area (Å²) >= 11 is 0. The molecule has 0 saturated heterocycles. The minimum absolute atomic E-state index is 0.463. The monoisotopic (exact) mass is 176 g/mol. The third-order valence-electron chi connectivity index (χ3n) is 2.19. The Morgan fingerprint density at radius 3 is 2.85 bits per heavy atom. The summed E-state index contributed by atoms with van der Waals surface area (Å²) in [6.07, 6.45) is 0. The van der Waals surface area contributed by atoms with Gasteiger partial charge in [0.05, 0.1) is 5.39 Å². The fraction of sp³-hybridized carbons (Fsp3) is 0.300. The normalized spacial score (nSPS) is 11.3. The van der Waals surface area contributed by atoms with Crippen LogP contribution < -0.4 is 5.73 Å². The number of fused-ring (bicyclic) bond motifs is 1. The summed E-state index contributed by atoms with van der Waals surface area (Å²) in [4.78, 5) is 0. The molecule has 0 saturated carbocycles. The predicted molar refractivity (Wildman–Crippen MR) is 52.5 cm³/mol. The summed E-state index contributed by atoms with van der Waals surface area (Å²) in [5, 5.41) is 4.59. The van der Waals surface area contributed by atoms with Gasteiger partial charge in [-0.2, -0.15) is 0 Å². The molecule has 0 aliphatic heterocycles. The minimum Gasteiger partial charge on any atom is -0.380 e. The number of hydrogen-bond acceptors (Lipinski definition) is 3. The van der Waals surface area contributed by atoms with Gasteiger partial charge in [0.2, 0.25) is 0 Å². The van der Waals surface area contributed by atoms with Crippen LogP contribution in [-0.4, -0.2) is 5.16 Å². The summed E-state index contributed by atoms with van der Waals surface area (Å²) in [5.74, 6) is 0.959. The van der Waals surface area contributed by atoms with Crippen LogP contribution in [-0.2, 0) is 0 Å². The molecule has 0 aliphatic rings. The standard InChI is InChI=1S/C10H12N2O/c1-6(2)7-3-4-8-9(5-7)13-12-10(8)11/h3-6H,1-2H3,(H2,11,12). The van der Waals surface area contributed by atoms with E-state index in [2.05, 4.69) is 25.1 Å². The molecule has 1 aromatic carbocycles. The van der Waals surface area contributed by atoms with E-state index in [1.807, 2.05) is 12.1 Å². The average Bonchev–Trinajstić information content (AvgIpc) is 2.47. The Bertz CT molecular complexity index is 431. The van der Waals surface area contributed by atoms with Gasteiger partial charge in [-0.05, 0) is 23.6 Å². The number of nitrogen functional groups attached to an aromatic ring is 1. The van der Waals surface area contributed by atoms with E-state index >= 15 is 0 Å². The Kier molecular flexibility index (Phi) is 1.72. The number of anilines is 1. The zero-order chi connectivity index (χ0) is 9.42. The third kappa shape index (κ3) is 1.26. The van der Waals surface area contributed by atoms with Crippen molar-refractivity contribution in [3.05, 3.63) is 23.8 Å². The van der Waals surface area contributed by atoms with Crippen molar-refractivity contribution in [1.82, 2.24) is 5.16 Å². The lowest BCUT2D eigenvalue weighted by Gasteiger charge is -2.02. The molecule has 68 valence electrons. The van der Waals surface area contributed by atoms with Crippen LogP contribution in [0.1, 0.15) is 25.3 Å². The molecule has 0 amide bonds. The van der Waals surface area contributed by atoms with Crippen molar-refractivity contribution in [3.8, 4) is 0 Å². The van der Waals surface area contributed by atoms with Crippen LogP contribution in [0, 0.1) is 0 Å². The molecule has 0 spiro atoms. The molecule has 0 atom stereocenters. The Morgan fingerprint density at radius 1 is 1.38 bits per heavy atom. The Morgan fingerprint density at radius 2 is 2.15 bits per heavy atom. The van der Waals surface area contributed by atoms with E-state index in [1.165, 1.54) is 5.56 Å². The van der Waals surface area contributed by atoms with Crippen molar-refractivity contribution >= 4 is 16.8 Å². The first-order valence-corrected chi connectivity index (χ1v) is 4.33. The van der Waals surface area contributed by atoms with Crippen molar-refractivity contribution < 1.29 is 4.52 Å². The highest BCUT2D eigenvalue weighted by Crippen LogP contribution is 2.24. The fourth-order valence-corrected chi connectivity index (χ4v) is 1.33. The van der Waals surface area contributed by atoms with Gasteiger partial charge in [-0.3, -0.25) is 0 Å². The molecule has 3 heteroatoms. The lowest BCUT2D eigenvalue weighted by atomic mass is 10.0. The van der Waals surface area contributed by atoms with Crippen molar-refractivity contribution in [2.45, 2.75) is 19.8 Å². The predicted octanol–water partition coefficient (Wildman–Crippen LogP) is 2.53. The first-order valence-electron chi connectivity index (χ1n) is 4.33. The van der Waals surface area contributed by atoms with Gasteiger partial charge in [0, 0.05) is 0 Å². The highest BCUT2D eigenvalue weighted by Gasteiger charge is 2.06. The maximum atomic E-state index is 5.60. The molecule has 0 radical (unpaired) electrons. The SMILES string of the molecule is CC(C)c1ccc2c(N)noc2c1. The van der Waals surface area contributed by atoms with Crippen LogP contribution in [0.4, 0.5) is 5.82 Å². The van der Waals surface area contributed by atoms with Crippen LogP contribution in [0.2, 0.25) is 0 Å². The second kappa shape index (κ2) is 2.76. The van der Waals surface area contributed by atoms with Crippen LogP contribution in [0.5, 0.6) is 0 Å². The highest BCUT2D eigenvalue weighted by atomic mass is 16.5. The first-order chi connectivity index (χ1) is 6.18. The fourth-order valence-electron chi connectivity index (χ4n) is 1.33. The second-order valence-electron chi connectivity index (χ2n) is 3.48. The van der Waals surface area contributed by atoms with E-state index in [-0.39, 0.29) is 0 Å². The lowest BCUT2D eigenvalue weighted by Crippen LogP contribution is -1.86. The summed E-state index contributed by atoms with van der Waals surface area (Å²) in [6, 6.07) is 6.00. The number of nitrogens with two attached hydrogens (primary N) is 1. The topological polar surface area (TPSA) is 52.0 Å². The largest absolute Gasteiger partial charge is 0.380 e. The molecule has 2 rings (SSSR count). The Labute approximate surface area is 76.5 Å². The Balaban J connectivity index is 2.63. The van der Waals surface area contributed by atoms with Crippen LogP contribution in [0.3, 0.4) is 0 Å². The van der Waals surface area contributed by atoms with Crippen molar-refractivity contribution in [2.24, 2.45) is 0 Å². The van der Waals surface area contributed by atoms with E-state index in [9.17, 15) is 0 Å². The summed E-state index contributed by atoms with van der Waals surface area (Å²) in [6.45, 7) is 4.28. The summed E-state index contributed by atoms with van der Waals surface area (Å²) < 4.78 is 5.06. The van der Waals surface area contributed by atoms with Gasteiger partial charge in [-0.25, -0.2) is 0 Å². The number of aromatic nitrogens is 1. The molecule has 3 nitrogen and oxygen atoms in total. The molecule has 1 aromatic heterocycles. The van der Waals surface area contributed by atoms with E-state index < -0.39 is 0 Å². The molecular formula is C10H12N2O. The molecular weight excluding hydrogens is 164 g/mol. The molecule has 2 aromatic rings. The molecule has 1 heterocycles. The Hall–Kier alpha value is -1.51. The number of hydrogen-bond donors (Lipinski definition) is 1. The van der Waals surface area contributed by atoms with Gasteiger partial charge in [-0.1, -0.05) is 25.1 Å². The molecule has 0 aliphatic carbocycles. The van der Waals surface area contributed by atoms with Gasteiger partial charge in [-0.15, -0.1) is 0 Å². The molecule has 0 fully saturated rings. The van der Waals surface area contributed by atoms with Gasteiger partial charge < -0.3 is 10.3 Å². The number of nitrogens with zero attached hydrogens (tertiary/aromatic N) is 1. The molecule has 2 N–H and O–H groups in total. The van der Waals surface area contributed by atoms with Gasteiger partial charge in [0.25, 0.3) is 0 Å². The molecule has 0 bridgehead atoms. The van der Waals surface area contributed by atoms with E-state index in [1.54, 1.807) is 0 Å². The van der Waals surface area contributed by atoms with Crippen molar-refractivity contribution in [2.75, 3.05) is 5.73 Å². The lowest BCUT2D eigenvalue weighted by molar-refractivity contribution is 0.460. The summed E-state index contributed by atoms with van der Waals surface area (Å²) in [7, 11) is 0. The highest BCUT2D eigenvalue weighted by molar-refractivity contribution is 5.87. The summed E-state index contributed by atoms with van der Waals surface area (Å²) in [5.41, 5.74) is 7.60. The van der Waals surface area contributed by atoms with Crippen LogP contribution >= 0.6 is 0 Å². The maximum Gasteiger partial charge on any atom is 0.174 e.